The monoisotopic (exact) mass is 262 g/mol. The van der Waals surface area contributed by atoms with Crippen LogP contribution in [0.25, 0.3) is 0 Å². The van der Waals surface area contributed by atoms with E-state index in [-0.39, 0.29) is 18.1 Å². The molecule has 1 aromatic heterocycles. The third-order valence-electron chi connectivity index (χ3n) is 2.64. The van der Waals surface area contributed by atoms with Crippen molar-refractivity contribution in [3.05, 3.63) is 53.5 Å². The molecule has 1 heterocycles. The van der Waals surface area contributed by atoms with E-state index in [0.717, 1.165) is 5.76 Å². The van der Waals surface area contributed by atoms with Gasteiger partial charge in [-0.15, -0.1) is 0 Å². The first kappa shape index (κ1) is 13.3. The van der Waals surface area contributed by atoms with Crippen molar-refractivity contribution in [2.24, 2.45) is 0 Å². The topological polar surface area (TPSA) is 55.1 Å². The van der Waals surface area contributed by atoms with Gasteiger partial charge in [0.2, 0.25) is 5.91 Å². The van der Waals surface area contributed by atoms with E-state index in [1.165, 1.54) is 6.07 Å². The summed E-state index contributed by atoms with van der Waals surface area (Å²) in [5.74, 6) is 0.755. The van der Waals surface area contributed by atoms with Crippen LogP contribution < -0.4 is 5.32 Å². The molecule has 4 nitrogen and oxygen atoms in total. The zero-order valence-corrected chi connectivity index (χ0v) is 10.6. The Morgan fingerprint density at radius 3 is 2.89 bits per heavy atom. The molecule has 0 radical (unpaired) electrons. The fourth-order valence-electron chi connectivity index (χ4n) is 1.70. The average Bonchev–Trinajstić information content (AvgIpc) is 2.78. The summed E-state index contributed by atoms with van der Waals surface area (Å²) in [7, 11) is 0. The molecule has 2 rings (SSSR count). The molecule has 0 unspecified atom stereocenters. The molecule has 1 N–H and O–H groups in total. The number of hydrogen-bond donors (Lipinski definition) is 1. The molecule has 0 atom stereocenters. The van der Waals surface area contributed by atoms with Crippen molar-refractivity contribution in [2.45, 2.75) is 19.8 Å². The molecule has 0 saturated heterocycles. The van der Waals surface area contributed by atoms with Crippen LogP contribution in [-0.4, -0.2) is 17.4 Å². The molecule has 1 aromatic carbocycles. The molecule has 0 saturated carbocycles. The van der Waals surface area contributed by atoms with Crippen molar-refractivity contribution in [2.75, 3.05) is 6.54 Å². The Hall–Kier alpha value is -2.17. The molecule has 0 aliphatic rings. The number of carbonyl (C=O) groups excluding carboxylic acids is 1. The Bertz CT molecular complexity index is 566. The molecule has 100 valence electrons. The first-order chi connectivity index (χ1) is 9.15. The van der Waals surface area contributed by atoms with Crippen LogP contribution in [0.3, 0.4) is 0 Å². The number of nitrogens with zero attached hydrogens (tertiary/aromatic N) is 1. The van der Waals surface area contributed by atoms with Gasteiger partial charge in [-0.3, -0.25) is 4.79 Å². The largest absolute Gasteiger partial charge is 0.446 e. The highest BCUT2D eigenvalue weighted by Crippen LogP contribution is 2.07. The summed E-state index contributed by atoms with van der Waals surface area (Å²) in [6, 6.07) is 6.26. The van der Waals surface area contributed by atoms with Crippen LogP contribution in [-0.2, 0) is 17.6 Å². The van der Waals surface area contributed by atoms with Gasteiger partial charge in [0, 0.05) is 13.0 Å². The highest BCUT2D eigenvalue weighted by Gasteiger charge is 2.07. The highest BCUT2D eigenvalue weighted by atomic mass is 19.1. The SMILES string of the molecule is Cc1cnc(CCNC(=O)Cc2ccccc2F)o1. The average molecular weight is 262 g/mol. The lowest BCUT2D eigenvalue weighted by Gasteiger charge is -2.04. The van der Waals surface area contributed by atoms with E-state index in [1.54, 1.807) is 24.4 Å². The van der Waals surface area contributed by atoms with Crippen LogP contribution in [0, 0.1) is 12.7 Å². The van der Waals surface area contributed by atoms with E-state index in [2.05, 4.69) is 10.3 Å². The number of rotatable bonds is 5. The summed E-state index contributed by atoms with van der Waals surface area (Å²) in [6.45, 7) is 2.24. The molecule has 0 fully saturated rings. The van der Waals surface area contributed by atoms with Crippen molar-refractivity contribution < 1.29 is 13.6 Å². The zero-order chi connectivity index (χ0) is 13.7. The molecule has 5 heteroatoms. The number of amides is 1. The predicted octanol–water partition coefficient (Wildman–Crippen LogP) is 2.02. The number of aryl methyl sites for hydroxylation is 1. The van der Waals surface area contributed by atoms with Crippen molar-refractivity contribution in [3.8, 4) is 0 Å². The fraction of sp³-hybridized carbons (Fsp3) is 0.286. The third-order valence-corrected chi connectivity index (χ3v) is 2.64. The normalized spacial score (nSPS) is 10.4. The molecule has 19 heavy (non-hydrogen) atoms. The number of nitrogens with one attached hydrogen (secondary N) is 1. The molecule has 2 aromatic rings. The van der Waals surface area contributed by atoms with Gasteiger partial charge in [0.25, 0.3) is 0 Å². The summed E-state index contributed by atoms with van der Waals surface area (Å²) in [5.41, 5.74) is 0.395. The molecule has 0 aliphatic carbocycles. The van der Waals surface area contributed by atoms with Gasteiger partial charge >= 0.3 is 0 Å². The molecular formula is C14H15FN2O2. The maximum Gasteiger partial charge on any atom is 0.224 e. The van der Waals surface area contributed by atoms with E-state index >= 15 is 0 Å². The Morgan fingerprint density at radius 1 is 1.42 bits per heavy atom. The molecule has 0 spiro atoms. The van der Waals surface area contributed by atoms with Crippen molar-refractivity contribution in [1.29, 1.82) is 0 Å². The van der Waals surface area contributed by atoms with Gasteiger partial charge in [-0.1, -0.05) is 18.2 Å². The van der Waals surface area contributed by atoms with Gasteiger partial charge in [0.05, 0.1) is 12.6 Å². The van der Waals surface area contributed by atoms with E-state index in [9.17, 15) is 9.18 Å². The first-order valence-corrected chi connectivity index (χ1v) is 6.06. The number of benzene rings is 1. The Balaban J connectivity index is 1.77. The minimum atomic E-state index is -0.360. The lowest BCUT2D eigenvalue weighted by Crippen LogP contribution is -2.27. The smallest absolute Gasteiger partial charge is 0.224 e. The van der Waals surface area contributed by atoms with E-state index in [1.807, 2.05) is 6.92 Å². The first-order valence-electron chi connectivity index (χ1n) is 6.06. The molecular weight excluding hydrogens is 247 g/mol. The number of aromatic nitrogens is 1. The second kappa shape index (κ2) is 6.13. The predicted molar refractivity (Wildman–Crippen MR) is 68.1 cm³/mol. The fourth-order valence-corrected chi connectivity index (χ4v) is 1.70. The number of oxazole rings is 1. The standard InChI is InChI=1S/C14H15FN2O2/c1-10-9-17-14(19-10)6-7-16-13(18)8-11-4-2-3-5-12(11)15/h2-5,9H,6-8H2,1H3,(H,16,18). The van der Waals surface area contributed by atoms with Crippen LogP contribution >= 0.6 is 0 Å². The summed E-state index contributed by atoms with van der Waals surface area (Å²) in [4.78, 5) is 15.7. The van der Waals surface area contributed by atoms with Crippen LogP contribution in [0.2, 0.25) is 0 Å². The van der Waals surface area contributed by atoms with Crippen molar-refractivity contribution in [1.82, 2.24) is 10.3 Å². The van der Waals surface area contributed by atoms with Gasteiger partial charge in [-0.25, -0.2) is 9.37 Å². The number of carbonyl (C=O) groups is 1. The lowest BCUT2D eigenvalue weighted by atomic mass is 10.1. The highest BCUT2D eigenvalue weighted by molar-refractivity contribution is 5.78. The van der Waals surface area contributed by atoms with Crippen LogP contribution in [0.15, 0.2) is 34.9 Å². The minimum absolute atomic E-state index is 0.0390. The molecule has 0 bridgehead atoms. The number of halogens is 1. The Kier molecular flexibility index (Phi) is 4.28. The van der Waals surface area contributed by atoms with Gasteiger partial charge < -0.3 is 9.73 Å². The summed E-state index contributed by atoms with van der Waals surface area (Å²) < 4.78 is 18.6. The van der Waals surface area contributed by atoms with E-state index in [4.69, 9.17) is 4.42 Å². The summed E-state index contributed by atoms with van der Waals surface area (Å²) in [6.07, 6.45) is 2.20. The van der Waals surface area contributed by atoms with Crippen LogP contribution in [0.1, 0.15) is 17.2 Å². The maximum atomic E-state index is 13.3. The maximum absolute atomic E-state index is 13.3. The quantitative estimate of drug-likeness (QED) is 0.897. The summed E-state index contributed by atoms with van der Waals surface area (Å²) >= 11 is 0. The van der Waals surface area contributed by atoms with Gasteiger partial charge in [-0.2, -0.15) is 0 Å². The number of hydrogen-bond acceptors (Lipinski definition) is 3. The second-order valence-electron chi connectivity index (χ2n) is 4.23. The van der Waals surface area contributed by atoms with E-state index < -0.39 is 0 Å². The van der Waals surface area contributed by atoms with Gasteiger partial charge in [0.1, 0.15) is 11.6 Å². The van der Waals surface area contributed by atoms with Gasteiger partial charge in [-0.05, 0) is 18.6 Å². The molecule has 0 aliphatic heterocycles. The molecule has 1 amide bonds. The van der Waals surface area contributed by atoms with Crippen molar-refractivity contribution in [3.63, 3.8) is 0 Å². The minimum Gasteiger partial charge on any atom is -0.446 e. The van der Waals surface area contributed by atoms with E-state index in [0.29, 0.717) is 24.4 Å². The Morgan fingerprint density at radius 2 is 2.21 bits per heavy atom. The summed E-state index contributed by atoms with van der Waals surface area (Å²) in [5, 5.41) is 2.71. The van der Waals surface area contributed by atoms with Crippen LogP contribution in [0.5, 0.6) is 0 Å². The lowest BCUT2D eigenvalue weighted by molar-refractivity contribution is -0.120. The van der Waals surface area contributed by atoms with Gasteiger partial charge in [0.15, 0.2) is 5.89 Å². The van der Waals surface area contributed by atoms with Crippen molar-refractivity contribution >= 4 is 5.91 Å². The second-order valence-corrected chi connectivity index (χ2v) is 4.23. The third kappa shape index (κ3) is 3.91. The Labute approximate surface area is 110 Å². The zero-order valence-electron chi connectivity index (χ0n) is 10.6. The van der Waals surface area contributed by atoms with Crippen LogP contribution in [0.4, 0.5) is 4.39 Å².